The van der Waals surface area contributed by atoms with Gasteiger partial charge in [0, 0.05) is 17.7 Å². The molecule has 2 aliphatic rings. The van der Waals surface area contributed by atoms with Gasteiger partial charge in [0.2, 0.25) is 10.0 Å². The number of benzene rings is 2. The molecule has 0 radical (unpaired) electrons. The van der Waals surface area contributed by atoms with Crippen LogP contribution in [0.1, 0.15) is 18.1 Å². The van der Waals surface area contributed by atoms with E-state index < -0.39 is 68.3 Å². The van der Waals surface area contributed by atoms with Crippen molar-refractivity contribution in [2.75, 3.05) is 19.3 Å². The molecular weight excluding hydrogens is 457 g/mol. The Labute approximate surface area is 180 Å². The average Bonchev–Trinajstić information content (AvgIpc) is 3.30. The molecule has 3 atom stereocenters. The lowest BCUT2D eigenvalue weighted by Crippen LogP contribution is -2.41. The molecule has 172 valence electrons. The van der Waals surface area contributed by atoms with E-state index in [4.69, 9.17) is 4.84 Å². The van der Waals surface area contributed by atoms with Crippen LogP contribution in [0.3, 0.4) is 0 Å². The van der Waals surface area contributed by atoms with Gasteiger partial charge in [0.1, 0.15) is 35.3 Å². The van der Waals surface area contributed by atoms with Crippen molar-refractivity contribution in [3.63, 3.8) is 0 Å². The number of oxime groups is 1. The van der Waals surface area contributed by atoms with Crippen LogP contribution in [0.5, 0.6) is 0 Å². The summed E-state index contributed by atoms with van der Waals surface area (Å²) < 4.78 is 97.4. The molecule has 2 aliphatic heterocycles. The van der Waals surface area contributed by atoms with E-state index in [1.807, 2.05) is 0 Å². The Bertz CT molecular complexity index is 1170. The number of amidine groups is 1. The van der Waals surface area contributed by atoms with Crippen molar-refractivity contribution in [1.29, 1.82) is 0 Å². The highest BCUT2D eigenvalue weighted by atomic mass is 32.2. The topological polar surface area (TPSA) is 71.0 Å². The lowest BCUT2D eigenvalue weighted by Gasteiger charge is -2.19. The number of alkyl halides is 1. The molecule has 0 spiro atoms. The predicted octanol–water partition coefficient (Wildman–Crippen LogP) is 3.26. The van der Waals surface area contributed by atoms with Crippen LogP contribution in [0.2, 0.25) is 0 Å². The summed E-state index contributed by atoms with van der Waals surface area (Å²) >= 11 is 0. The molecule has 6 nitrogen and oxygen atoms in total. The second kappa shape index (κ2) is 8.32. The number of rotatable bonds is 4. The van der Waals surface area contributed by atoms with E-state index in [9.17, 15) is 30.4 Å². The summed E-state index contributed by atoms with van der Waals surface area (Å²) in [5.74, 6) is -3.98. The monoisotopic (exact) mass is 475 g/mol. The molecule has 4 rings (SSSR count). The van der Waals surface area contributed by atoms with Crippen molar-refractivity contribution < 1.29 is 35.2 Å². The molecule has 1 saturated heterocycles. The molecule has 1 fully saturated rings. The van der Waals surface area contributed by atoms with Crippen molar-refractivity contribution in [3.8, 4) is 11.1 Å². The number of halogens is 5. The number of likely N-dealkylation sites (tertiary alicyclic amines) is 1. The van der Waals surface area contributed by atoms with Crippen LogP contribution in [-0.2, 0) is 14.9 Å². The molecule has 12 heteroatoms. The standard InChI is InChI=1S/C20H18F5N3O3S/c1-32(29,30)27-15-9-28(8-14(15)25)17-7-16(31-26-17)19-12(23)5-6-13(24)20(19)18-10(21)3-2-4-11(18)22/h2-6,14-16,27H,7-9H2,1H3/t14-,15+,16?/m0/s1. The highest BCUT2D eigenvalue weighted by Gasteiger charge is 2.40. The van der Waals surface area contributed by atoms with Gasteiger partial charge in [0.15, 0.2) is 6.10 Å². The first-order chi connectivity index (χ1) is 15.0. The van der Waals surface area contributed by atoms with Gasteiger partial charge in [0.05, 0.1) is 30.8 Å². The predicted molar refractivity (Wildman–Crippen MR) is 106 cm³/mol. The fraction of sp³-hybridized carbons (Fsp3) is 0.350. The minimum Gasteiger partial charge on any atom is -0.386 e. The first kappa shape index (κ1) is 22.5. The Kier molecular flexibility index (Phi) is 5.84. The number of hydrogen-bond acceptors (Lipinski definition) is 5. The average molecular weight is 475 g/mol. The number of hydrogen-bond donors (Lipinski definition) is 1. The smallest absolute Gasteiger partial charge is 0.209 e. The van der Waals surface area contributed by atoms with Gasteiger partial charge in [-0.1, -0.05) is 11.2 Å². The zero-order chi connectivity index (χ0) is 23.2. The van der Waals surface area contributed by atoms with Crippen LogP contribution in [0.15, 0.2) is 35.5 Å². The van der Waals surface area contributed by atoms with Crippen LogP contribution in [-0.4, -0.2) is 50.7 Å². The molecule has 0 aliphatic carbocycles. The lowest BCUT2D eigenvalue weighted by molar-refractivity contribution is 0.0830. The van der Waals surface area contributed by atoms with E-state index in [0.717, 1.165) is 36.6 Å². The normalized spacial score (nSPS) is 23.4. The minimum absolute atomic E-state index is 0.0520. The summed E-state index contributed by atoms with van der Waals surface area (Å²) in [6, 6.07) is 3.50. The third kappa shape index (κ3) is 4.29. The Hall–Kier alpha value is -2.73. The fourth-order valence-corrected chi connectivity index (χ4v) is 4.71. The highest BCUT2D eigenvalue weighted by Crippen LogP contribution is 2.40. The first-order valence-corrected chi connectivity index (χ1v) is 11.5. The Morgan fingerprint density at radius 1 is 1.00 bits per heavy atom. The van der Waals surface area contributed by atoms with Crippen LogP contribution in [0.25, 0.3) is 11.1 Å². The fourth-order valence-electron chi connectivity index (χ4n) is 3.94. The molecule has 2 aromatic rings. The van der Waals surface area contributed by atoms with E-state index in [1.165, 1.54) is 4.90 Å². The Balaban J connectivity index is 1.62. The van der Waals surface area contributed by atoms with Crippen molar-refractivity contribution in [2.24, 2.45) is 5.16 Å². The van der Waals surface area contributed by atoms with Crippen LogP contribution >= 0.6 is 0 Å². The van der Waals surface area contributed by atoms with Gasteiger partial charge in [0.25, 0.3) is 0 Å². The van der Waals surface area contributed by atoms with Gasteiger partial charge in [-0.25, -0.2) is 35.1 Å². The zero-order valence-electron chi connectivity index (χ0n) is 16.7. The summed E-state index contributed by atoms with van der Waals surface area (Å²) in [7, 11) is -3.65. The molecule has 2 heterocycles. The second-order valence-electron chi connectivity index (χ2n) is 7.64. The summed E-state index contributed by atoms with van der Waals surface area (Å²) in [6.07, 6.45) is -1.98. The molecular formula is C20H18F5N3O3S. The van der Waals surface area contributed by atoms with Gasteiger partial charge in [-0.2, -0.15) is 0 Å². The second-order valence-corrected chi connectivity index (χ2v) is 9.42. The summed E-state index contributed by atoms with van der Waals surface area (Å²) in [6.45, 7) is -0.244. The summed E-state index contributed by atoms with van der Waals surface area (Å²) in [5.41, 5.74) is -1.78. The molecule has 1 unspecified atom stereocenters. The molecule has 0 amide bonds. The maximum Gasteiger partial charge on any atom is 0.209 e. The summed E-state index contributed by atoms with van der Waals surface area (Å²) in [4.78, 5) is 6.67. The third-order valence-corrected chi connectivity index (χ3v) is 6.04. The van der Waals surface area contributed by atoms with Gasteiger partial charge in [-0.05, 0) is 24.3 Å². The van der Waals surface area contributed by atoms with Gasteiger partial charge in [-0.15, -0.1) is 0 Å². The lowest BCUT2D eigenvalue weighted by atomic mass is 9.93. The molecule has 1 N–H and O–H groups in total. The number of nitrogens with zero attached hydrogens (tertiary/aromatic N) is 2. The quantitative estimate of drug-likeness (QED) is 0.690. The molecule has 0 aromatic heterocycles. The van der Waals surface area contributed by atoms with Crippen molar-refractivity contribution in [2.45, 2.75) is 24.7 Å². The highest BCUT2D eigenvalue weighted by molar-refractivity contribution is 7.88. The van der Waals surface area contributed by atoms with Gasteiger partial charge >= 0.3 is 0 Å². The third-order valence-electron chi connectivity index (χ3n) is 5.31. The number of sulfonamides is 1. The SMILES string of the molecule is CS(=O)(=O)N[C@@H]1CN(C2=NOC(c3c(F)ccc(F)c3-c3c(F)cccc3F)C2)C[C@@H]1F. The summed E-state index contributed by atoms with van der Waals surface area (Å²) in [5, 5.41) is 3.81. The molecule has 2 aromatic carbocycles. The van der Waals surface area contributed by atoms with E-state index in [-0.39, 0.29) is 25.3 Å². The maximum atomic E-state index is 14.8. The minimum atomic E-state index is -3.65. The Morgan fingerprint density at radius 2 is 1.62 bits per heavy atom. The van der Waals surface area contributed by atoms with E-state index in [1.54, 1.807) is 0 Å². The van der Waals surface area contributed by atoms with Gasteiger partial charge < -0.3 is 9.74 Å². The first-order valence-electron chi connectivity index (χ1n) is 9.56. The van der Waals surface area contributed by atoms with Crippen LogP contribution in [0.4, 0.5) is 22.0 Å². The maximum absolute atomic E-state index is 14.8. The van der Waals surface area contributed by atoms with Crippen LogP contribution < -0.4 is 4.72 Å². The zero-order valence-corrected chi connectivity index (χ0v) is 17.5. The molecule has 32 heavy (non-hydrogen) atoms. The van der Waals surface area contributed by atoms with Crippen molar-refractivity contribution in [1.82, 2.24) is 9.62 Å². The van der Waals surface area contributed by atoms with Crippen molar-refractivity contribution in [3.05, 3.63) is 59.2 Å². The Morgan fingerprint density at radius 3 is 2.28 bits per heavy atom. The number of nitrogens with one attached hydrogen (secondary N) is 1. The molecule has 0 saturated carbocycles. The van der Waals surface area contributed by atoms with E-state index in [0.29, 0.717) is 0 Å². The molecule has 0 bridgehead atoms. The van der Waals surface area contributed by atoms with Crippen LogP contribution in [0, 0.1) is 23.3 Å². The van der Waals surface area contributed by atoms with E-state index in [2.05, 4.69) is 9.88 Å². The van der Waals surface area contributed by atoms with Gasteiger partial charge in [-0.3, -0.25) is 0 Å². The van der Waals surface area contributed by atoms with E-state index >= 15 is 0 Å². The van der Waals surface area contributed by atoms with Crippen molar-refractivity contribution >= 4 is 15.9 Å². The largest absolute Gasteiger partial charge is 0.386 e.